The van der Waals surface area contributed by atoms with E-state index in [2.05, 4.69) is 21.3 Å². The fourth-order valence-electron chi connectivity index (χ4n) is 5.59. The zero-order valence-corrected chi connectivity index (χ0v) is 20.7. The van der Waals surface area contributed by atoms with Crippen LogP contribution in [0.3, 0.4) is 0 Å². The third-order valence-corrected chi connectivity index (χ3v) is 7.62. The van der Waals surface area contributed by atoms with E-state index in [-0.39, 0.29) is 24.1 Å². The molecule has 6 nitrogen and oxygen atoms in total. The third-order valence-electron chi connectivity index (χ3n) is 7.62. The summed E-state index contributed by atoms with van der Waals surface area (Å²) >= 11 is 0. The van der Waals surface area contributed by atoms with Crippen LogP contribution in [0.2, 0.25) is 0 Å². The highest BCUT2D eigenvalue weighted by Crippen LogP contribution is 2.35. The number of benzene rings is 2. The Morgan fingerprint density at radius 3 is 1.31 bits per heavy atom. The standard InChI is InChI=1S/C29H40N4O2/c34-28(30-20-24-7-3-1-4-8-24)32-26-15-11-22(12-16-26)19-23-13-17-27(18-14-23)33-29(35)31-21-25-9-5-2-6-10-25/h1-10,22-23,26-27H,11-21H2,(H2,30,32,34)(H2,31,33,35). The number of urea groups is 2. The van der Waals surface area contributed by atoms with Gasteiger partial charge in [0, 0.05) is 25.2 Å². The number of hydrogen-bond donors (Lipinski definition) is 4. The molecule has 0 radical (unpaired) electrons. The number of carbonyl (C=O) groups excluding carboxylic acids is 2. The van der Waals surface area contributed by atoms with Gasteiger partial charge in [-0.1, -0.05) is 60.7 Å². The lowest BCUT2D eigenvalue weighted by Gasteiger charge is -2.34. The predicted molar refractivity (Wildman–Crippen MR) is 140 cm³/mol. The minimum absolute atomic E-state index is 0.0593. The molecule has 188 valence electrons. The van der Waals surface area contributed by atoms with Gasteiger partial charge in [0.25, 0.3) is 0 Å². The Balaban J connectivity index is 1.06. The SMILES string of the molecule is O=C(NCc1ccccc1)NC1CCC(CC2CCC(NC(=O)NCc3ccccc3)CC2)CC1. The van der Waals surface area contributed by atoms with E-state index in [1.54, 1.807) is 0 Å². The van der Waals surface area contributed by atoms with Crippen molar-refractivity contribution in [1.29, 1.82) is 0 Å². The fourth-order valence-corrected chi connectivity index (χ4v) is 5.59. The molecule has 2 aromatic rings. The van der Waals surface area contributed by atoms with E-state index in [1.807, 2.05) is 60.7 Å². The van der Waals surface area contributed by atoms with E-state index in [1.165, 1.54) is 32.1 Å². The maximum Gasteiger partial charge on any atom is 0.315 e. The summed E-state index contributed by atoms with van der Waals surface area (Å²) in [6, 6.07) is 20.5. The van der Waals surface area contributed by atoms with E-state index >= 15 is 0 Å². The van der Waals surface area contributed by atoms with Gasteiger partial charge in [-0.25, -0.2) is 9.59 Å². The molecule has 6 heteroatoms. The molecule has 0 aromatic heterocycles. The Labute approximate surface area is 209 Å². The molecule has 0 unspecified atom stereocenters. The second-order valence-electron chi connectivity index (χ2n) is 10.3. The van der Waals surface area contributed by atoms with Gasteiger partial charge in [0.15, 0.2) is 0 Å². The van der Waals surface area contributed by atoms with Crippen molar-refractivity contribution >= 4 is 12.1 Å². The minimum atomic E-state index is -0.0593. The number of carbonyl (C=O) groups is 2. The van der Waals surface area contributed by atoms with Crippen LogP contribution in [-0.2, 0) is 13.1 Å². The lowest BCUT2D eigenvalue weighted by atomic mass is 9.75. The molecule has 2 fully saturated rings. The van der Waals surface area contributed by atoms with E-state index in [9.17, 15) is 9.59 Å². The molecule has 4 amide bonds. The highest BCUT2D eigenvalue weighted by atomic mass is 16.2. The predicted octanol–water partition coefficient (Wildman–Crippen LogP) is 5.49. The van der Waals surface area contributed by atoms with Crippen LogP contribution in [0.4, 0.5) is 9.59 Å². The highest BCUT2D eigenvalue weighted by molar-refractivity contribution is 5.74. The fraction of sp³-hybridized carbons (Fsp3) is 0.517. The van der Waals surface area contributed by atoms with Crippen molar-refractivity contribution in [3.8, 4) is 0 Å². The van der Waals surface area contributed by atoms with Gasteiger partial charge >= 0.3 is 12.1 Å². The van der Waals surface area contributed by atoms with Gasteiger partial charge in [0.1, 0.15) is 0 Å². The summed E-state index contributed by atoms with van der Waals surface area (Å²) < 4.78 is 0. The molecule has 35 heavy (non-hydrogen) atoms. The van der Waals surface area contributed by atoms with Gasteiger partial charge in [0.2, 0.25) is 0 Å². The summed E-state index contributed by atoms with van der Waals surface area (Å²) in [4.78, 5) is 24.5. The molecule has 0 bridgehead atoms. The van der Waals surface area contributed by atoms with Crippen LogP contribution in [0.25, 0.3) is 0 Å². The molecular formula is C29H40N4O2. The molecule has 0 spiro atoms. The summed E-state index contributed by atoms with van der Waals surface area (Å²) in [6.45, 7) is 1.13. The molecule has 0 aliphatic heterocycles. The Morgan fingerprint density at radius 2 is 0.943 bits per heavy atom. The van der Waals surface area contributed by atoms with Crippen LogP contribution in [0.15, 0.2) is 60.7 Å². The largest absolute Gasteiger partial charge is 0.335 e. The van der Waals surface area contributed by atoms with E-state index in [0.717, 1.165) is 48.6 Å². The molecule has 0 atom stereocenters. The molecule has 2 aliphatic carbocycles. The van der Waals surface area contributed by atoms with Crippen LogP contribution in [0.1, 0.15) is 68.9 Å². The van der Waals surface area contributed by atoms with Gasteiger partial charge in [-0.05, 0) is 80.8 Å². The second-order valence-corrected chi connectivity index (χ2v) is 10.3. The lowest BCUT2D eigenvalue weighted by molar-refractivity contribution is 0.198. The summed E-state index contributed by atoms with van der Waals surface area (Å²) in [5.74, 6) is 1.54. The van der Waals surface area contributed by atoms with Crippen LogP contribution in [0.5, 0.6) is 0 Å². The maximum absolute atomic E-state index is 12.2. The smallest absolute Gasteiger partial charge is 0.315 e. The number of amides is 4. The van der Waals surface area contributed by atoms with Crippen molar-refractivity contribution in [2.45, 2.75) is 83.0 Å². The molecule has 4 rings (SSSR count). The lowest BCUT2D eigenvalue weighted by Crippen LogP contribution is -2.44. The van der Waals surface area contributed by atoms with Crippen molar-refractivity contribution in [1.82, 2.24) is 21.3 Å². The molecule has 2 aromatic carbocycles. The second kappa shape index (κ2) is 13.2. The first-order chi connectivity index (χ1) is 17.1. The first kappa shape index (κ1) is 25.1. The summed E-state index contributed by atoms with van der Waals surface area (Å²) in [7, 11) is 0. The summed E-state index contributed by atoms with van der Waals surface area (Å²) in [5.41, 5.74) is 2.23. The topological polar surface area (TPSA) is 82.3 Å². The van der Waals surface area contributed by atoms with Gasteiger partial charge in [-0.15, -0.1) is 0 Å². The normalized spacial score (nSPS) is 24.2. The van der Waals surface area contributed by atoms with E-state index in [0.29, 0.717) is 13.1 Å². The van der Waals surface area contributed by atoms with Crippen LogP contribution < -0.4 is 21.3 Å². The summed E-state index contributed by atoms with van der Waals surface area (Å²) in [6.07, 6.45) is 10.4. The Kier molecular flexibility index (Phi) is 9.44. The highest BCUT2D eigenvalue weighted by Gasteiger charge is 2.28. The molecule has 4 N–H and O–H groups in total. The number of rotatable bonds is 8. The van der Waals surface area contributed by atoms with Gasteiger partial charge in [-0.2, -0.15) is 0 Å². The number of hydrogen-bond acceptors (Lipinski definition) is 2. The summed E-state index contributed by atoms with van der Waals surface area (Å²) in [5, 5.41) is 12.3. The van der Waals surface area contributed by atoms with Crippen molar-refractivity contribution in [3.05, 3.63) is 71.8 Å². The molecule has 2 saturated carbocycles. The van der Waals surface area contributed by atoms with Crippen LogP contribution in [-0.4, -0.2) is 24.1 Å². The zero-order valence-electron chi connectivity index (χ0n) is 20.7. The van der Waals surface area contributed by atoms with Crippen LogP contribution >= 0.6 is 0 Å². The molecule has 0 saturated heterocycles. The molecule has 0 heterocycles. The van der Waals surface area contributed by atoms with Crippen LogP contribution in [0, 0.1) is 11.8 Å². The Morgan fingerprint density at radius 1 is 0.571 bits per heavy atom. The monoisotopic (exact) mass is 476 g/mol. The van der Waals surface area contributed by atoms with E-state index in [4.69, 9.17) is 0 Å². The number of nitrogens with one attached hydrogen (secondary N) is 4. The van der Waals surface area contributed by atoms with E-state index < -0.39 is 0 Å². The van der Waals surface area contributed by atoms with Crippen molar-refractivity contribution in [3.63, 3.8) is 0 Å². The molecule has 2 aliphatic rings. The average Bonchev–Trinajstić information content (AvgIpc) is 2.90. The van der Waals surface area contributed by atoms with Gasteiger partial charge in [0.05, 0.1) is 0 Å². The zero-order chi connectivity index (χ0) is 24.3. The molecular weight excluding hydrogens is 436 g/mol. The quantitative estimate of drug-likeness (QED) is 0.406. The Hall–Kier alpha value is -3.02. The average molecular weight is 477 g/mol. The first-order valence-corrected chi connectivity index (χ1v) is 13.3. The Bertz CT molecular complexity index is 829. The maximum atomic E-state index is 12.2. The van der Waals surface area contributed by atoms with Gasteiger partial charge in [-0.3, -0.25) is 0 Å². The third kappa shape index (κ3) is 8.61. The van der Waals surface area contributed by atoms with Crippen molar-refractivity contribution < 1.29 is 9.59 Å². The first-order valence-electron chi connectivity index (χ1n) is 13.3. The van der Waals surface area contributed by atoms with Crippen molar-refractivity contribution in [2.75, 3.05) is 0 Å². The van der Waals surface area contributed by atoms with Gasteiger partial charge < -0.3 is 21.3 Å². The minimum Gasteiger partial charge on any atom is -0.335 e. The van der Waals surface area contributed by atoms with Crippen molar-refractivity contribution in [2.24, 2.45) is 11.8 Å².